The van der Waals surface area contributed by atoms with Crippen molar-refractivity contribution in [3.8, 4) is 0 Å². The Morgan fingerprint density at radius 3 is 2.67 bits per heavy atom. The van der Waals surface area contributed by atoms with Crippen LogP contribution in [0.25, 0.3) is 0 Å². The zero-order valence-electron chi connectivity index (χ0n) is 9.70. The maximum atomic E-state index is 12.9. The lowest BCUT2D eigenvalue weighted by molar-refractivity contribution is -0.144. The minimum absolute atomic E-state index is 0.00832. The number of halogens is 3. The minimum Gasteiger partial charge on any atom is -0.461 e. The van der Waals surface area contributed by atoms with Crippen LogP contribution < -0.4 is 0 Å². The number of nitrogens with zero attached hydrogens (tertiary/aromatic N) is 3. The summed E-state index contributed by atoms with van der Waals surface area (Å²) in [5.74, 6) is -0.894. The molecule has 1 heterocycles. The third kappa shape index (κ3) is 2.62. The van der Waals surface area contributed by atoms with Crippen molar-refractivity contribution in [1.29, 1.82) is 0 Å². The van der Waals surface area contributed by atoms with Crippen molar-refractivity contribution in [2.45, 2.75) is 32.5 Å². The summed E-state index contributed by atoms with van der Waals surface area (Å²) >= 11 is 0. The highest BCUT2D eigenvalue weighted by Gasteiger charge is 2.42. The van der Waals surface area contributed by atoms with Crippen LogP contribution in [0.5, 0.6) is 0 Å². The summed E-state index contributed by atoms with van der Waals surface area (Å²) in [5.41, 5.74) is -1.88. The Hall–Kier alpha value is -1.60. The van der Waals surface area contributed by atoms with Gasteiger partial charge in [-0.05, 0) is 25.7 Å². The van der Waals surface area contributed by atoms with Crippen molar-refractivity contribution in [2.75, 3.05) is 6.61 Å². The van der Waals surface area contributed by atoms with Gasteiger partial charge in [0.1, 0.15) is 0 Å². The van der Waals surface area contributed by atoms with Gasteiger partial charge in [0.15, 0.2) is 5.69 Å². The summed E-state index contributed by atoms with van der Waals surface area (Å²) in [6, 6.07) is 0. The summed E-state index contributed by atoms with van der Waals surface area (Å²) in [6.07, 6.45) is -2.90. The fourth-order valence-corrected chi connectivity index (χ4v) is 1.60. The number of alkyl halides is 3. The number of carbonyl (C=O) groups excluding carboxylic acids is 1. The van der Waals surface area contributed by atoms with Crippen molar-refractivity contribution < 1.29 is 22.7 Å². The van der Waals surface area contributed by atoms with Gasteiger partial charge in [-0.3, -0.25) is 0 Å². The number of hydrogen-bond donors (Lipinski definition) is 0. The Kier molecular flexibility index (Phi) is 3.27. The van der Waals surface area contributed by atoms with Crippen LogP contribution in [0, 0.1) is 5.92 Å². The zero-order valence-corrected chi connectivity index (χ0v) is 9.70. The second kappa shape index (κ2) is 4.58. The Morgan fingerprint density at radius 2 is 2.17 bits per heavy atom. The molecule has 1 aromatic rings. The van der Waals surface area contributed by atoms with Gasteiger partial charge in [0.25, 0.3) is 0 Å². The van der Waals surface area contributed by atoms with Crippen LogP contribution in [0.3, 0.4) is 0 Å². The largest absolute Gasteiger partial charge is 0.461 e. The molecule has 100 valence electrons. The van der Waals surface area contributed by atoms with Crippen LogP contribution in [0.1, 0.15) is 35.9 Å². The zero-order chi connectivity index (χ0) is 13.3. The molecule has 2 rings (SSSR count). The lowest BCUT2D eigenvalue weighted by Crippen LogP contribution is -2.20. The topological polar surface area (TPSA) is 57.0 Å². The van der Waals surface area contributed by atoms with Gasteiger partial charge in [-0.1, -0.05) is 5.21 Å². The highest BCUT2D eigenvalue weighted by molar-refractivity contribution is 5.88. The molecule has 0 atom stereocenters. The second-order valence-electron chi connectivity index (χ2n) is 4.13. The number of rotatable bonds is 4. The summed E-state index contributed by atoms with van der Waals surface area (Å²) in [5, 5.41) is 6.71. The summed E-state index contributed by atoms with van der Waals surface area (Å²) in [7, 11) is 0. The molecule has 1 aliphatic rings. The molecule has 0 spiro atoms. The van der Waals surface area contributed by atoms with E-state index in [1.807, 2.05) is 0 Å². The highest BCUT2D eigenvalue weighted by Crippen LogP contribution is 2.35. The number of hydrogen-bond acceptors (Lipinski definition) is 4. The molecule has 1 saturated carbocycles. The molecule has 0 radical (unpaired) electrons. The third-order valence-electron chi connectivity index (χ3n) is 2.60. The molecule has 0 saturated heterocycles. The smallest absolute Gasteiger partial charge is 0.435 e. The number of carbonyl (C=O) groups is 1. The minimum atomic E-state index is -4.67. The van der Waals surface area contributed by atoms with E-state index in [0.717, 1.165) is 17.5 Å². The van der Waals surface area contributed by atoms with Gasteiger partial charge in [-0.2, -0.15) is 13.2 Å². The van der Waals surface area contributed by atoms with Gasteiger partial charge in [-0.15, -0.1) is 5.10 Å². The monoisotopic (exact) mass is 263 g/mol. The van der Waals surface area contributed by atoms with Crippen LogP contribution >= 0.6 is 0 Å². The van der Waals surface area contributed by atoms with Crippen molar-refractivity contribution in [3.05, 3.63) is 11.4 Å². The molecular weight excluding hydrogens is 251 g/mol. The first-order valence-electron chi connectivity index (χ1n) is 5.61. The van der Waals surface area contributed by atoms with Gasteiger partial charge in [0.2, 0.25) is 5.69 Å². The van der Waals surface area contributed by atoms with Crippen LogP contribution in [-0.4, -0.2) is 27.6 Å². The lowest BCUT2D eigenvalue weighted by atomic mass is 10.3. The molecule has 1 aliphatic carbocycles. The Balaban J connectivity index is 2.33. The molecule has 0 N–H and O–H groups in total. The van der Waals surface area contributed by atoms with E-state index in [0.29, 0.717) is 0 Å². The SMILES string of the molecule is CCOC(=O)c1nnn(CC2CC2)c1C(F)(F)F. The fourth-order valence-electron chi connectivity index (χ4n) is 1.60. The summed E-state index contributed by atoms with van der Waals surface area (Å²) in [6.45, 7) is 1.65. The summed E-state index contributed by atoms with van der Waals surface area (Å²) in [4.78, 5) is 11.4. The molecular formula is C10H12F3N3O2. The van der Waals surface area contributed by atoms with Crippen molar-refractivity contribution in [1.82, 2.24) is 15.0 Å². The number of ether oxygens (including phenoxy) is 1. The molecule has 1 aromatic heterocycles. The van der Waals surface area contributed by atoms with Gasteiger partial charge >= 0.3 is 12.1 Å². The number of aromatic nitrogens is 3. The Bertz CT molecular complexity index is 452. The predicted molar refractivity (Wildman–Crippen MR) is 53.7 cm³/mol. The van der Waals surface area contributed by atoms with E-state index < -0.39 is 23.5 Å². The quantitative estimate of drug-likeness (QED) is 0.778. The molecule has 0 bridgehead atoms. The van der Waals surface area contributed by atoms with E-state index in [1.54, 1.807) is 0 Å². The van der Waals surface area contributed by atoms with E-state index in [1.165, 1.54) is 6.92 Å². The second-order valence-corrected chi connectivity index (χ2v) is 4.13. The van der Waals surface area contributed by atoms with Gasteiger partial charge in [-0.25, -0.2) is 9.48 Å². The van der Waals surface area contributed by atoms with Crippen molar-refractivity contribution >= 4 is 5.97 Å². The molecule has 8 heteroatoms. The first-order chi connectivity index (χ1) is 8.43. The molecule has 5 nitrogen and oxygen atoms in total. The molecule has 0 amide bonds. The molecule has 0 aliphatic heterocycles. The van der Waals surface area contributed by atoms with Crippen LogP contribution in [0.4, 0.5) is 13.2 Å². The highest BCUT2D eigenvalue weighted by atomic mass is 19.4. The Morgan fingerprint density at radius 1 is 1.50 bits per heavy atom. The Labute approximate surface area is 101 Å². The average Bonchev–Trinajstić information content (AvgIpc) is 2.94. The van der Waals surface area contributed by atoms with E-state index >= 15 is 0 Å². The van der Waals surface area contributed by atoms with E-state index in [-0.39, 0.29) is 19.1 Å². The van der Waals surface area contributed by atoms with Crippen LogP contribution in [-0.2, 0) is 17.5 Å². The molecule has 0 unspecified atom stereocenters. The normalized spacial score (nSPS) is 15.8. The standard InChI is InChI=1S/C10H12F3N3O2/c1-2-18-9(17)7-8(10(11,12)13)16(15-14-7)5-6-3-4-6/h6H,2-5H2,1H3. The van der Waals surface area contributed by atoms with Crippen molar-refractivity contribution in [3.63, 3.8) is 0 Å². The van der Waals surface area contributed by atoms with E-state index in [4.69, 9.17) is 0 Å². The molecule has 0 aromatic carbocycles. The average molecular weight is 263 g/mol. The van der Waals surface area contributed by atoms with Gasteiger partial charge in [0.05, 0.1) is 6.61 Å². The maximum Gasteiger partial charge on any atom is 0.435 e. The number of esters is 1. The van der Waals surface area contributed by atoms with Crippen LogP contribution in [0.2, 0.25) is 0 Å². The summed E-state index contributed by atoms with van der Waals surface area (Å²) < 4.78 is 44.0. The third-order valence-corrected chi connectivity index (χ3v) is 2.60. The molecule has 1 fully saturated rings. The molecule has 18 heavy (non-hydrogen) atoms. The fraction of sp³-hybridized carbons (Fsp3) is 0.700. The first kappa shape index (κ1) is 12.8. The van der Waals surface area contributed by atoms with Gasteiger partial charge < -0.3 is 4.74 Å². The maximum absolute atomic E-state index is 12.9. The van der Waals surface area contributed by atoms with Crippen LogP contribution in [0.15, 0.2) is 0 Å². The van der Waals surface area contributed by atoms with E-state index in [9.17, 15) is 18.0 Å². The van der Waals surface area contributed by atoms with E-state index in [2.05, 4.69) is 15.0 Å². The van der Waals surface area contributed by atoms with Gasteiger partial charge in [0, 0.05) is 6.54 Å². The van der Waals surface area contributed by atoms with Crippen molar-refractivity contribution in [2.24, 2.45) is 5.92 Å². The first-order valence-corrected chi connectivity index (χ1v) is 5.61. The lowest BCUT2D eigenvalue weighted by Gasteiger charge is -2.10. The predicted octanol–water partition coefficient (Wildman–Crippen LogP) is 1.88.